The van der Waals surface area contributed by atoms with Gasteiger partial charge in [0.1, 0.15) is 0 Å². The van der Waals surface area contributed by atoms with Crippen molar-refractivity contribution in [3.8, 4) is 11.4 Å². The molecule has 2 aromatic rings. The van der Waals surface area contributed by atoms with E-state index in [2.05, 4.69) is 65.1 Å². The number of hydrogen-bond acceptors (Lipinski definition) is 5. The molecule has 28 heavy (non-hydrogen) atoms. The Bertz CT molecular complexity index is 848. The number of rotatable bonds is 5. The first-order valence-corrected chi connectivity index (χ1v) is 10.5. The molecule has 0 spiro atoms. The fourth-order valence-corrected chi connectivity index (χ4v) is 4.29. The lowest BCUT2D eigenvalue weighted by atomic mass is 9.86. The van der Waals surface area contributed by atoms with Gasteiger partial charge < -0.3 is 5.73 Å². The number of nitrogens with one attached hydrogen (secondary N) is 1. The fraction of sp³-hybridized carbons (Fsp3) is 0.500. The van der Waals surface area contributed by atoms with Crippen molar-refractivity contribution in [2.45, 2.75) is 63.1 Å². The highest BCUT2D eigenvalue weighted by Gasteiger charge is 2.25. The Hall–Kier alpha value is -2.35. The molecular weight excluding hydrogens is 374 g/mol. The van der Waals surface area contributed by atoms with Crippen LogP contribution in [0.5, 0.6) is 0 Å². The third-order valence-electron chi connectivity index (χ3n) is 4.96. The first kappa shape index (κ1) is 20.4. The Morgan fingerprint density at radius 2 is 1.82 bits per heavy atom. The van der Waals surface area contributed by atoms with Gasteiger partial charge in [0.25, 0.3) is 0 Å². The van der Waals surface area contributed by atoms with Crippen molar-refractivity contribution in [2.24, 2.45) is 5.73 Å². The highest BCUT2D eigenvalue weighted by molar-refractivity contribution is 7.99. The highest BCUT2D eigenvalue weighted by atomic mass is 32.2. The number of primary amides is 1. The maximum absolute atomic E-state index is 11.8. The lowest BCUT2D eigenvalue weighted by molar-refractivity contribution is -0.117. The van der Waals surface area contributed by atoms with Crippen LogP contribution in [0.4, 0.5) is 4.79 Å². The number of nitrogens with zero attached hydrogens (tertiary/aromatic N) is 3. The van der Waals surface area contributed by atoms with E-state index in [-0.39, 0.29) is 11.2 Å². The summed E-state index contributed by atoms with van der Waals surface area (Å²) in [5.41, 5.74) is 7.37. The summed E-state index contributed by atoms with van der Waals surface area (Å²) in [5.74, 6) is 0.455. The van der Waals surface area contributed by atoms with E-state index in [1.54, 1.807) is 0 Å². The Balaban J connectivity index is 1.88. The van der Waals surface area contributed by atoms with E-state index in [4.69, 9.17) is 5.73 Å². The first-order valence-electron chi connectivity index (χ1n) is 9.53. The molecule has 0 saturated heterocycles. The minimum atomic E-state index is -0.845. The molecule has 1 heterocycles. The molecule has 3 amide bonds. The summed E-state index contributed by atoms with van der Waals surface area (Å²) in [6.45, 7) is 6.57. The van der Waals surface area contributed by atoms with Gasteiger partial charge >= 0.3 is 6.03 Å². The van der Waals surface area contributed by atoms with Crippen molar-refractivity contribution in [1.29, 1.82) is 0 Å². The minimum Gasteiger partial charge on any atom is -0.351 e. The summed E-state index contributed by atoms with van der Waals surface area (Å²) in [6, 6.07) is 7.93. The number of amides is 3. The minimum absolute atomic E-state index is 0.0662. The number of benzene rings is 1. The Morgan fingerprint density at radius 3 is 2.39 bits per heavy atom. The molecular formula is C20H27N5O2S. The molecule has 1 fully saturated rings. The van der Waals surface area contributed by atoms with Crippen LogP contribution in [-0.2, 0) is 10.2 Å². The molecule has 7 nitrogen and oxygen atoms in total. The zero-order valence-electron chi connectivity index (χ0n) is 16.6. The zero-order valence-corrected chi connectivity index (χ0v) is 17.4. The second-order valence-corrected chi connectivity index (χ2v) is 9.09. The molecule has 0 bridgehead atoms. The summed E-state index contributed by atoms with van der Waals surface area (Å²) in [4.78, 5) is 22.6. The lowest BCUT2D eigenvalue weighted by Crippen LogP contribution is -2.36. The molecule has 3 rings (SSSR count). The van der Waals surface area contributed by atoms with Crippen LogP contribution in [0.3, 0.4) is 0 Å². The molecule has 0 atom stereocenters. The van der Waals surface area contributed by atoms with Crippen LogP contribution in [0.1, 0.15) is 58.1 Å². The maximum atomic E-state index is 11.8. The van der Waals surface area contributed by atoms with Gasteiger partial charge in [-0.25, -0.2) is 4.79 Å². The van der Waals surface area contributed by atoms with E-state index in [9.17, 15) is 9.59 Å². The molecule has 1 aromatic carbocycles. The summed E-state index contributed by atoms with van der Waals surface area (Å²) in [5, 5.41) is 11.5. The summed E-state index contributed by atoms with van der Waals surface area (Å²) in [6.07, 6.45) is 4.51. The van der Waals surface area contributed by atoms with Crippen LogP contribution in [0.2, 0.25) is 0 Å². The van der Waals surface area contributed by atoms with Gasteiger partial charge in [-0.2, -0.15) is 0 Å². The van der Waals surface area contributed by atoms with Crippen molar-refractivity contribution in [2.75, 3.05) is 5.75 Å². The zero-order chi connectivity index (χ0) is 20.3. The molecule has 1 aliphatic carbocycles. The van der Waals surface area contributed by atoms with Crippen LogP contribution in [0.25, 0.3) is 11.4 Å². The lowest BCUT2D eigenvalue weighted by Gasteiger charge is -2.20. The molecule has 1 aliphatic rings. The second-order valence-electron chi connectivity index (χ2n) is 8.14. The molecule has 0 aliphatic heterocycles. The summed E-state index contributed by atoms with van der Waals surface area (Å²) in [7, 11) is 0. The van der Waals surface area contributed by atoms with E-state index < -0.39 is 11.9 Å². The summed E-state index contributed by atoms with van der Waals surface area (Å²) >= 11 is 1.28. The van der Waals surface area contributed by atoms with E-state index >= 15 is 0 Å². The smallest absolute Gasteiger partial charge is 0.318 e. The van der Waals surface area contributed by atoms with Gasteiger partial charge in [-0.15, -0.1) is 10.2 Å². The molecule has 8 heteroatoms. The van der Waals surface area contributed by atoms with Crippen LogP contribution < -0.4 is 11.1 Å². The van der Waals surface area contributed by atoms with E-state index in [0.29, 0.717) is 11.2 Å². The van der Waals surface area contributed by atoms with Crippen molar-refractivity contribution < 1.29 is 9.59 Å². The SMILES string of the molecule is CC(C)(C)c1ccc(-c2nnc(SCC(=O)NC(N)=O)n2C2CCCC2)cc1. The number of imide groups is 1. The van der Waals surface area contributed by atoms with Crippen LogP contribution in [0.15, 0.2) is 29.4 Å². The van der Waals surface area contributed by atoms with E-state index in [1.807, 2.05) is 0 Å². The molecule has 3 N–H and O–H groups in total. The van der Waals surface area contributed by atoms with Gasteiger partial charge in [0.05, 0.1) is 5.75 Å². The highest BCUT2D eigenvalue weighted by Crippen LogP contribution is 2.37. The third kappa shape index (κ3) is 4.73. The van der Waals surface area contributed by atoms with Gasteiger partial charge in [-0.05, 0) is 23.8 Å². The normalized spacial score (nSPS) is 15.0. The number of hydrogen-bond donors (Lipinski definition) is 2. The molecule has 1 aromatic heterocycles. The van der Waals surface area contributed by atoms with Gasteiger partial charge in [-0.1, -0.05) is 69.6 Å². The van der Waals surface area contributed by atoms with Gasteiger partial charge in [0, 0.05) is 11.6 Å². The number of urea groups is 1. The fourth-order valence-electron chi connectivity index (χ4n) is 3.49. The average Bonchev–Trinajstić information content (AvgIpc) is 3.28. The van der Waals surface area contributed by atoms with E-state index in [1.165, 1.54) is 30.2 Å². The number of nitrogens with two attached hydrogens (primary N) is 1. The van der Waals surface area contributed by atoms with E-state index in [0.717, 1.165) is 24.2 Å². The van der Waals surface area contributed by atoms with Gasteiger partial charge in [0.2, 0.25) is 5.91 Å². The predicted octanol–water partition coefficient (Wildman–Crippen LogP) is 3.64. The van der Waals surface area contributed by atoms with Crippen molar-refractivity contribution >= 4 is 23.7 Å². The quantitative estimate of drug-likeness (QED) is 0.745. The summed E-state index contributed by atoms with van der Waals surface area (Å²) < 4.78 is 2.15. The topological polar surface area (TPSA) is 103 Å². The van der Waals surface area contributed by atoms with Crippen LogP contribution >= 0.6 is 11.8 Å². The predicted molar refractivity (Wildman–Crippen MR) is 110 cm³/mol. The standard InChI is InChI=1S/C20H27N5O2S/c1-20(2,3)14-10-8-13(9-11-14)17-23-24-19(25(17)15-6-4-5-7-15)28-12-16(26)22-18(21)27/h8-11,15H,4-7,12H2,1-3H3,(H3,21,22,26,27). The average molecular weight is 402 g/mol. The van der Waals surface area contributed by atoms with Gasteiger partial charge in [0.15, 0.2) is 11.0 Å². The second kappa shape index (κ2) is 8.34. The molecule has 150 valence electrons. The monoisotopic (exact) mass is 401 g/mol. The molecule has 0 unspecified atom stereocenters. The van der Waals surface area contributed by atoms with Crippen molar-refractivity contribution in [3.63, 3.8) is 0 Å². The Labute approximate surface area is 169 Å². The number of aromatic nitrogens is 3. The van der Waals surface area contributed by atoms with Crippen LogP contribution in [0, 0.1) is 0 Å². The third-order valence-corrected chi connectivity index (χ3v) is 5.90. The van der Waals surface area contributed by atoms with Gasteiger partial charge in [-0.3, -0.25) is 14.7 Å². The largest absolute Gasteiger partial charge is 0.351 e. The first-order chi connectivity index (χ1) is 13.3. The Kier molecular flexibility index (Phi) is 6.07. The number of thioether (sulfide) groups is 1. The van der Waals surface area contributed by atoms with Crippen molar-refractivity contribution in [1.82, 2.24) is 20.1 Å². The molecule has 0 radical (unpaired) electrons. The Morgan fingerprint density at radius 1 is 1.18 bits per heavy atom. The number of carbonyl (C=O) groups is 2. The van der Waals surface area contributed by atoms with Crippen molar-refractivity contribution in [3.05, 3.63) is 29.8 Å². The molecule has 1 saturated carbocycles. The number of carbonyl (C=O) groups excluding carboxylic acids is 2. The maximum Gasteiger partial charge on any atom is 0.318 e. The van der Waals surface area contributed by atoms with Crippen LogP contribution in [-0.4, -0.2) is 32.5 Å².